The predicted molar refractivity (Wildman–Crippen MR) is 177 cm³/mol. The standard InChI is InChI=1S/C35H41BN4O6/c1-18(2)29(39-33(42)43)32(41)40-19(3)8-13-27(40)31-37-26-12-9-20-15-25-23-11-10-22(36-45-34(4,5)35(6,7)46-36)14-21(23)17-44-28(25)16-24(20)30(26)38-31/h9-12,14-16,18-19,27,29,39H,8,13,17H2,1-7H3,(H,37,38)(H,42,43)/t19-,27-,29-/m0/s1. The molecule has 3 N–H and O–H groups in total. The van der Waals surface area contributed by atoms with Crippen LogP contribution in [0.4, 0.5) is 4.79 Å². The molecule has 3 aliphatic heterocycles. The summed E-state index contributed by atoms with van der Waals surface area (Å²) in [4.78, 5) is 35.5. The molecule has 1 aromatic heterocycles. The third-order valence-corrected chi connectivity index (χ3v) is 10.4. The highest BCUT2D eigenvalue weighted by Gasteiger charge is 2.52. The number of benzene rings is 3. The smallest absolute Gasteiger partial charge is 0.488 e. The number of aromatic amines is 1. The quantitative estimate of drug-likeness (QED) is 0.236. The summed E-state index contributed by atoms with van der Waals surface area (Å²) in [5.74, 6) is 1.10. The summed E-state index contributed by atoms with van der Waals surface area (Å²) >= 11 is 0. The van der Waals surface area contributed by atoms with Gasteiger partial charge in [-0.2, -0.15) is 0 Å². The number of amides is 2. The lowest BCUT2D eigenvalue weighted by atomic mass is 9.77. The van der Waals surface area contributed by atoms with Gasteiger partial charge in [-0.1, -0.05) is 38.1 Å². The summed E-state index contributed by atoms with van der Waals surface area (Å²) in [5.41, 5.74) is 5.08. The highest BCUT2D eigenvalue weighted by molar-refractivity contribution is 6.62. The van der Waals surface area contributed by atoms with Crippen molar-refractivity contribution in [3.05, 3.63) is 53.9 Å². The molecule has 0 unspecified atom stereocenters. The second-order valence-corrected chi connectivity index (χ2v) is 14.3. The number of hydrogen-bond acceptors (Lipinski definition) is 6. The van der Waals surface area contributed by atoms with Crippen LogP contribution in [0.15, 0.2) is 42.5 Å². The lowest BCUT2D eigenvalue weighted by molar-refractivity contribution is -0.137. The first-order valence-corrected chi connectivity index (χ1v) is 16.1. The van der Waals surface area contributed by atoms with Crippen LogP contribution in [-0.2, 0) is 20.7 Å². The molecule has 0 spiro atoms. The predicted octanol–water partition coefficient (Wildman–Crippen LogP) is 5.92. The average molecular weight is 625 g/mol. The van der Waals surface area contributed by atoms with Gasteiger partial charge >= 0.3 is 13.2 Å². The van der Waals surface area contributed by atoms with Gasteiger partial charge in [0.25, 0.3) is 0 Å². The monoisotopic (exact) mass is 624 g/mol. The molecule has 46 heavy (non-hydrogen) atoms. The van der Waals surface area contributed by atoms with Gasteiger partial charge in [0, 0.05) is 17.0 Å². The molecule has 0 saturated carbocycles. The maximum atomic E-state index is 13.7. The number of carbonyl (C=O) groups is 2. The van der Waals surface area contributed by atoms with Crippen LogP contribution in [0.1, 0.15) is 78.7 Å². The van der Waals surface area contributed by atoms with Crippen molar-refractivity contribution in [1.82, 2.24) is 20.2 Å². The number of ether oxygens (including phenoxy) is 1. The summed E-state index contributed by atoms with van der Waals surface area (Å²) in [6.07, 6.45) is 0.346. The molecule has 240 valence electrons. The van der Waals surface area contributed by atoms with Crippen LogP contribution >= 0.6 is 0 Å². The van der Waals surface area contributed by atoms with Gasteiger partial charge < -0.3 is 34.4 Å². The van der Waals surface area contributed by atoms with Crippen molar-refractivity contribution in [1.29, 1.82) is 0 Å². The van der Waals surface area contributed by atoms with E-state index in [9.17, 15) is 14.7 Å². The lowest BCUT2D eigenvalue weighted by Crippen LogP contribution is -2.52. The van der Waals surface area contributed by atoms with E-state index >= 15 is 0 Å². The summed E-state index contributed by atoms with van der Waals surface area (Å²) in [6.45, 7) is 14.4. The first-order chi connectivity index (χ1) is 21.7. The molecule has 11 heteroatoms. The number of rotatable bonds is 5. The minimum atomic E-state index is -1.20. The fourth-order valence-corrected chi connectivity index (χ4v) is 7.05. The van der Waals surface area contributed by atoms with Crippen LogP contribution in [0, 0.1) is 5.92 Å². The van der Waals surface area contributed by atoms with Gasteiger partial charge in [0.05, 0.1) is 28.3 Å². The molecule has 10 nitrogen and oxygen atoms in total. The average Bonchev–Trinajstić information content (AvgIpc) is 3.66. The minimum Gasteiger partial charge on any atom is -0.488 e. The SMILES string of the molecule is CC(C)[C@H](NC(=O)O)C(=O)N1[C@@H](C)CC[C@H]1c1nc2ccc3cc4c(cc3c2[nH]1)OCc1cc(B2OC(C)(C)C(C)(C)O2)ccc1-4. The maximum Gasteiger partial charge on any atom is 0.494 e. The Bertz CT molecular complexity index is 1870. The van der Waals surface area contributed by atoms with Crippen LogP contribution in [-0.4, -0.2) is 62.4 Å². The second kappa shape index (κ2) is 10.7. The molecule has 0 aliphatic carbocycles. The van der Waals surface area contributed by atoms with Crippen molar-refractivity contribution in [3.63, 3.8) is 0 Å². The zero-order valence-corrected chi connectivity index (χ0v) is 27.4. The molecule has 2 fully saturated rings. The fourth-order valence-electron chi connectivity index (χ4n) is 7.05. The Kier molecular flexibility index (Phi) is 7.13. The second-order valence-electron chi connectivity index (χ2n) is 14.3. The lowest BCUT2D eigenvalue weighted by Gasteiger charge is -2.32. The molecule has 4 aromatic rings. The first-order valence-electron chi connectivity index (χ1n) is 16.1. The van der Waals surface area contributed by atoms with Crippen LogP contribution in [0.25, 0.3) is 32.9 Å². The molecule has 2 saturated heterocycles. The highest BCUT2D eigenvalue weighted by Crippen LogP contribution is 2.43. The van der Waals surface area contributed by atoms with Gasteiger partial charge in [-0.05, 0) is 93.6 Å². The van der Waals surface area contributed by atoms with E-state index in [0.29, 0.717) is 12.4 Å². The van der Waals surface area contributed by atoms with Gasteiger partial charge in [0.1, 0.15) is 24.2 Å². The Hall–Kier alpha value is -4.09. The van der Waals surface area contributed by atoms with Gasteiger partial charge in [-0.15, -0.1) is 0 Å². The molecule has 7 rings (SSSR count). The van der Waals surface area contributed by atoms with Crippen molar-refractivity contribution in [2.45, 2.75) is 97.2 Å². The molecule has 0 radical (unpaired) electrons. The van der Waals surface area contributed by atoms with Crippen molar-refractivity contribution in [2.24, 2.45) is 5.92 Å². The summed E-state index contributed by atoms with van der Waals surface area (Å²) in [6, 6.07) is 13.5. The van der Waals surface area contributed by atoms with Gasteiger partial charge in [-0.3, -0.25) is 4.79 Å². The van der Waals surface area contributed by atoms with Gasteiger partial charge in [0.2, 0.25) is 5.91 Å². The minimum absolute atomic E-state index is 0.0370. The fraction of sp³-hybridized carbons (Fsp3) is 0.457. The summed E-state index contributed by atoms with van der Waals surface area (Å²) < 4.78 is 18.9. The number of fused-ring (bicyclic) bond motifs is 6. The zero-order chi connectivity index (χ0) is 32.7. The number of carbonyl (C=O) groups excluding carboxylic acids is 1. The van der Waals surface area contributed by atoms with E-state index in [-0.39, 0.29) is 23.9 Å². The number of nitrogens with one attached hydrogen (secondary N) is 2. The molecule has 3 atom stereocenters. The van der Waals surface area contributed by atoms with E-state index in [1.54, 1.807) is 4.90 Å². The van der Waals surface area contributed by atoms with Crippen LogP contribution in [0.5, 0.6) is 5.75 Å². The number of H-pyrrole nitrogens is 1. The third-order valence-electron chi connectivity index (χ3n) is 10.4. The van der Waals surface area contributed by atoms with Crippen molar-refractivity contribution in [2.75, 3.05) is 0 Å². The Balaban J connectivity index is 1.21. The van der Waals surface area contributed by atoms with Crippen molar-refractivity contribution in [3.8, 4) is 16.9 Å². The Morgan fingerprint density at radius 2 is 1.78 bits per heavy atom. The molecular weight excluding hydrogens is 583 g/mol. The van der Waals surface area contributed by atoms with Crippen LogP contribution in [0.2, 0.25) is 0 Å². The number of hydrogen-bond donors (Lipinski definition) is 3. The van der Waals surface area contributed by atoms with Crippen LogP contribution < -0.4 is 15.5 Å². The molecule has 0 bridgehead atoms. The van der Waals surface area contributed by atoms with E-state index in [1.807, 2.05) is 26.8 Å². The molecule has 3 aliphatic rings. The summed E-state index contributed by atoms with van der Waals surface area (Å²) in [7, 11) is -0.435. The Labute approximate surface area is 268 Å². The largest absolute Gasteiger partial charge is 0.494 e. The van der Waals surface area contributed by atoms with Crippen molar-refractivity contribution >= 4 is 46.4 Å². The number of nitrogens with zero attached hydrogens (tertiary/aromatic N) is 2. The molecule has 4 heterocycles. The normalized spacial score (nSPS) is 22.2. The summed E-state index contributed by atoms with van der Waals surface area (Å²) in [5, 5.41) is 13.8. The molecule has 2 amide bonds. The van der Waals surface area contributed by atoms with E-state index in [2.05, 4.69) is 74.4 Å². The van der Waals surface area contributed by atoms with Gasteiger partial charge in [0.15, 0.2) is 0 Å². The third kappa shape index (κ3) is 4.91. The number of imidazole rings is 1. The maximum absolute atomic E-state index is 13.7. The van der Waals surface area contributed by atoms with E-state index in [1.165, 1.54) is 0 Å². The highest BCUT2D eigenvalue weighted by atomic mass is 16.7. The number of carboxylic acid groups (broad SMARTS) is 1. The first kappa shape index (κ1) is 30.6. The zero-order valence-electron chi connectivity index (χ0n) is 27.4. The number of likely N-dealkylation sites (tertiary alicyclic amines) is 1. The topological polar surface area (TPSA) is 126 Å². The van der Waals surface area contributed by atoms with Crippen molar-refractivity contribution < 1.29 is 28.7 Å². The Morgan fingerprint density at radius 3 is 2.48 bits per heavy atom. The van der Waals surface area contributed by atoms with E-state index in [4.69, 9.17) is 19.0 Å². The molecule has 3 aromatic carbocycles. The van der Waals surface area contributed by atoms with E-state index in [0.717, 1.165) is 62.6 Å². The number of aromatic nitrogens is 2. The molecular formula is C35H41BN4O6. The van der Waals surface area contributed by atoms with Gasteiger partial charge in [-0.25, -0.2) is 9.78 Å². The van der Waals surface area contributed by atoms with Crippen LogP contribution in [0.3, 0.4) is 0 Å². The van der Waals surface area contributed by atoms with E-state index < -0.39 is 30.5 Å². The Morgan fingerprint density at radius 1 is 1.04 bits per heavy atom.